The minimum absolute atomic E-state index is 0.465. The summed E-state index contributed by atoms with van der Waals surface area (Å²) >= 11 is 6.36. The number of halogens is 1. The average molecular weight is 136 g/mol. The van der Waals surface area contributed by atoms with Gasteiger partial charge in [-0.25, -0.2) is 4.98 Å². The molecule has 38 valence electrons. The summed E-state index contributed by atoms with van der Waals surface area (Å²) in [6.45, 7) is 0. The van der Waals surface area contributed by atoms with E-state index in [-0.39, 0.29) is 0 Å². The largest absolute Gasteiger partial charge is 0.266 e. The highest BCUT2D eigenvalue weighted by Crippen LogP contribution is 1.99. The van der Waals surface area contributed by atoms with Crippen LogP contribution in [0.3, 0.4) is 0 Å². The summed E-state index contributed by atoms with van der Waals surface area (Å²) in [5, 5.41) is 0. The zero-order valence-electron chi connectivity index (χ0n) is 3.26. The number of rotatable bonds is 1. The molecule has 7 heavy (non-hydrogen) atoms. The lowest BCUT2D eigenvalue weighted by molar-refractivity contribution is 1.34. The smallest absolute Gasteiger partial charge is 0.249 e. The summed E-state index contributed by atoms with van der Waals surface area (Å²) in [6, 6.07) is 0. The number of aromatic nitrogens is 2. The van der Waals surface area contributed by atoms with Crippen molar-refractivity contribution in [1.82, 2.24) is 9.36 Å². The van der Waals surface area contributed by atoms with Crippen molar-refractivity contribution < 1.29 is 0 Å². The van der Waals surface area contributed by atoms with Gasteiger partial charge in [0.2, 0.25) is 5.95 Å². The van der Waals surface area contributed by atoms with Gasteiger partial charge in [-0.2, -0.15) is 4.37 Å². The van der Waals surface area contributed by atoms with Crippen LogP contribution in [0.15, 0.2) is 5.51 Å². The first-order valence-corrected chi connectivity index (χ1v) is 2.78. The van der Waals surface area contributed by atoms with E-state index in [1.165, 1.54) is 11.5 Å². The standard InChI is InChI=1S/C2H2ClN3S/c3-5-2-4-1-7-6-2/h1H,(H,5,6). The van der Waals surface area contributed by atoms with Crippen LogP contribution >= 0.6 is 23.3 Å². The Hall–Kier alpha value is -0.350. The molecule has 1 rings (SSSR count). The highest BCUT2D eigenvalue weighted by molar-refractivity contribution is 7.03. The summed E-state index contributed by atoms with van der Waals surface area (Å²) in [4.78, 5) is 5.97. The highest BCUT2D eigenvalue weighted by Gasteiger charge is 1.86. The summed E-state index contributed by atoms with van der Waals surface area (Å²) < 4.78 is 3.72. The molecule has 1 aromatic rings. The lowest BCUT2D eigenvalue weighted by Gasteiger charge is -1.78. The number of nitrogens with one attached hydrogen (secondary N) is 1. The predicted molar refractivity (Wildman–Crippen MR) is 29.4 cm³/mol. The molecule has 0 fully saturated rings. The van der Waals surface area contributed by atoms with Crippen LogP contribution in [0.2, 0.25) is 0 Å². The van der Waals surface area contributed by atoms with Crippen LogP contribution in [-0.2, 0) is 0 Å². The van der Waals surface area contributed by atoms with Crippen molar-refractivity contribution in [2.75, 3.05) is 4.84 Å². The Morgan fingerprint density at radius 2 is 2.71 bits per heavy atom. The molecule has 0 saturated heterocycles. The molecule has 0 aromatic carbocycles. The molecule has 0 aliphatic carbocycles. The Morgan fingerprint density at radius 1 is 1.86 bits per heavy atom. The van der Waals surface area contributed by atoms with Gasteiger partial charge in [-0.1, -0.05) is 0 Å². The topological polar surface area (TPSA) is 37.8 Å². The first-order chi connectivity index (χ1) is 3.43. The fourth-order valence-electron chi connectivity index (χ4n) is 0.212. The van der Waals surface area contributed by atoms with Gasteiger partial charge in [0, 0.05) is 11.8 Å². The van der Waals surface area contributed by atoms with Crippen molar-refractivity contribution in [3.8, 4) is 0 Å². The highest BCUT2D eigenvalue weighted by atomic mass is 35.5. The van der Waals surface area contributed by atoms with E-state index in [9.17, 15) is 0 Å². The Morgan fingerprint density at radius 3 is 3.00 bits per heavy atom. The average Bonchev–Trinajstić information content (AvgIpc) is 2.14. The van der Waals surface area contributed by atoms with Crippen molar-refractivity contribution in [2.45, 2.75) is 0 Å². The maximum atomic E-state index is 5.10. The third kappa shape index (κ3) is 1.01. The van der Waals surface area contributed by atoms with E-state index in [2.05, 4.69) is 14.2 Å². The second-order valence-corrected chi connectivity index (χ2v) is 1.64. The van der Waals surface area contributed by atoms with Gasteiger partial charge in [-0.05, 0) is 11.5 Å². The van der Waals surface area contributed by atoms with Crippen molar-refractivity contribution in [3.05, 3.63) is 5.51 Å². The fourth-order valence-corrected chi connectivity index (χ4v) is 0.740. The van der Waals surface area contributed by atoms with Gasteiger partial charge < -0.3 is 0 Å². The van der Waals surface area contributed by atoms with Crippen LogP contribution in [0.5, 0.6) is 0 Å². The third-order valence-electron chi connectivity index (χ3n) is 0.446. The van der Waals surface area contributed by atoms with E-state index in [0.717, 1.165) is 0 Å². The Balaban J connectivity index is 2.76. The van der Waals surface area contributed by atoms with Gasteiger partial charge in [0.05, 0.1) is 0 Å². The lowest BCUT2D eigenvalue weighted by atomic mass is 11.1. The van der Waals surface area contributed by atoms with Gasteiger partial charge in [0.1, 0.15) is 5.51 Å². The van der Waals surface area contributed by atoms with Crippen molar-refractivity contribution >= 4 is 29.3 Å². The van der Waals surface area contributed by atoms with Crippen LogP contribution in [0, 0.1) is 0 Å². The molecule has 1 N–H and O–H groups in total. The first kappa shape index (κ1) is 4.80. The second-order valence-electron chi connectivity index (χ2n) is 0.849. The zero-order valence-corrected chi connectivity index (χ0v) is 4.83. The molecule has 1 heterocycles. The number of nitrogens with zero attached hydrogens (tertiary/aromatic N) is 2. The molecule has 0 unspecified atom stereocenters. The summed E-state index contributed by atoms with van der Waals surface area (Å²) in [7, 11) is 0. The van der Waals surface area contributed by atoms with Crippen molar-refractivity contribution in [2.24, 2.45) is 0 Å². The van der Waals surface area contributed by atoms with E-state index < -0.39 is 0 Å². The van der Waals surface area contributed by atoms with Gasteiger partial charge in [-0.15, -0.1) is 0 Å². The minimum atomic E-state index is 0.465. The van der Waals surface area contributed by atoms with Crippen molar-refractivity contribution in [1.29, 1.82) is 0 Å². The fraction of sp³-hybridized carbons (Fsp3) is 0. The van der Waals surface area contributed by atoms with Crippen molar-refractivity contribution in [3.63, 3.8) is 0 Å². The van der Waals surface area contributed by atoms with E-state index in [4.69, 9.17) is 11.8 Å². The van der Waals surface area contributed by atoms with Crippen LogP contribution in [0.1, 0.15) is 0 Å². The van der Waals surface area contributed by atoms with E-state index in [1.807, 2.05) is 0 Å². The summed E-state index contributed by atoms with van der Waals surface area (Å²) in [5.74, 6) is 0.465. The van der Waals surface area contributed by atoms with E-state index in [0.29, 0.717) is 5.95 Å². The Labute approximate surface area is 49.6 Å². The molecular formula is C2H2ClN3S. The van der Waals surface area contributed by atoms with Crippen LogP contribution in [-0.4, -0.2) is 9.36 Å². The third-order valence-corrected chi connectivity index (χ3v) is 1.09. The normalized spacial score (nSPS) is 8.71. The van der Waals surface area contributed by atoms with Crippen LogP contribution < -0.4 is 4.84 Å². The second kappa shape index (κ2) is 2.09. The minimum Gasteiger partial charge on any atom is -0.266 e. The van der Waals surface area contributed by atoms with Crippen LogP contribution in [0.4, 0.5) is 5.95 Å². The molecule has 0 aliphatic heterocycles. The molecule has 3 nitrogen and oxygen atoms in total. The quantitative estimate of drug-likeness (QED) is 0.586. The Bertz CT molecular complexity index is 127. The first-order valence-electron chi connectivity index (χ1n) is 1.56. The molecule has 0 radical (unpaired) electrons. The molecule has 0 atom stereocenters. The summed E-state index contributed by atoms with van der Waals surface area (Å²) in [6.07, 6.45) is 0. The van der Waals surface area contributed by atoms with E-state index in [1.54, 1.807) is 5.51 Å². The van der Waals surface area contributed by atoms with Gasteiger partial charge >= 0.3 is 0 Å². The number of hydrogen-bond donors (Lipinski definition) is 1. The molecule has 0 amide bonds. The number of anilines is 1. The molecule has 5 heteroatoms. The van der Waals surface area contributed by atoms with Gasteiger partial charge in [-0.3, -0.25) is 4.84 Å². The predicted octanol–water partition coefficient (Wildman–Crippen LogP) is 1.10. The summed E-state index contributed by atoms with van der Waals surface area (Å²) in [5.41, 5.74) is 1.60. The SMILES string of the molecule is ClNc1ncsn1. The maximum Gasteiger partial charge on any atom is 0.249 e. The maximum absolute atomic E-state index is 5.10. The lowest BCUT2D eigenvalue weighted by Crippen LogP contribution is -1.78. The Kier molecular flexibility index (Phi) is 1.43. The molecular weight excluding hydrogens is 134 g/mol. The zero-order chi connectivity index (χ0) is 5.11. The molecule has 0 saturated carbocycles. The monoisotopic (exact) mass is 135 g/mol. The molecule has 0 bridgehead atoms. The van der Waals surface area contributed by atoms with E-state index >= 15 is 0 Å². The van der Waals surface area contributed by atoms with Gasteiger partial charge in [0.15, 0.2) is 0 Å². The molecule has 0 spiro atoms. The molecule has 0 aliphatic rings. The number of hydrogen-bond acceptors (Lipinski definition) is 4. The molecule has 1 aromatic heterocycles. The van der Waals surface area contributed by atoms with Crippen LogP contribution in [0.25, 0.3) is 0 Å². The van der Waals surface area contributed by atoms with Gasteiger partial charge in [0.25, 0.3) is 0 Å².